The summed E-state index contributed by atoms with van der Waals surface area (Å²) in [7, 11) is 0. The first-order chi connectivity index (χ1) is 20.3. The van der Waals surface area contributed by atoms with E-state index < -0.39 is 55.3 Å². The second kappa shape index (κ2) is 15.3. The maximum atomic E-state index is 12.0. The molecule has 0 bridgehead atoms. The Bertz CT molecular complexity index is 1220. The van der Waals surface area contributed by atoms with Crippen molar-refractivity contribution >= 4 is 11.9 Å². The van der Waals surface area contributed by atoms with Gasteiger partial charge in [-0.05, 0) is 48.4 Å². The zero-order valence-corrected chi connectivity index (χ0v) is 25.2. The Kier molecular flexibility index (Phi) is 12.2. The molecule has 3 amide bonds. The van der Waals surface area contributed by atoms with E-state index in [2.05, 4.69) is 20.8 Å². The Hall–Kier alpha value is -3.43. The first-order valence-corrected chi connectivity index (χ1v) is 14.4. The van der Waals surface area contributed by atoms with Crippen molar-refractivity contribution in [2.45, 2.75) is 90.1 Å². The number of hydrogen-bond acceptors (Lipinski definition) is 10. The number of aromatic nitrogens is 2. The first-order valence-electron chi connectivity index (χ1n) is 14.4. The number of hydrogen-bond donors (Lipinski definition) is 8. The highest BCUT2D eigenvalue weighted by molar-refractivity contribution is 5.86. The average Bonchev–Trinajstić information content (AvgIpc) is 3.34. The maximum absolute atomic E-state index is 12.0. The van der Waals surface area contributed by atoms with Crippen LogP contribution in [0.25, 0.3) is 0 Å². The third kappa shape index (κ3) is 8.80. The third-order valence-corrected chi connectivity index (χ3v) is 7.33. The summed E-state index contributed by atoms with van der Waals surface area (Å²) in [4.78, 5) is 23.5. The zero-order chi connectivity index (χ0) is 31.8. The van der Waals surface area contributed by atoms with Gasteiger partial charge in [0.05, 0.1) is 13.2 Å². The molecule has 9 N–H and O–H groups in total. The number of nitrogens with zero attached hydrogens (tertiary/aromatic N) is 1. The summed E-state index contributed by atoms with van der Waals surface area (Å²) in [5.74, 6) is 0.205. The van der Waals surface area contributed by atoms with E-state index in [9.17, 15) is 30.0 Å². The van der Waals surface area contributed by atoms with Gasteiger partial charge in [-0.25, -0.2) is 4.79 Å². The highest BCUT2D eigenvalue weighted by atomic mass is 16.7. The molecule has 6 atom stereocenters. The van der Waals surface area contributed by atoms with Crippen LogP contribution in [0.4, 0.5) is 4.79 Å². The first kappa shape index (κ1) is 34.1. The van der Waals surface area contributed by atoms with Crippen LogP contribution in [0.2, 0.25) is 0 Å². The molecular formula is C29H45N5O9. The van der Waals surface area contributed by atoms with Gasteiger partial charge in [-0.2, -0.15) is 0 Å². The van der Waals surface area contributed by atoms with E-state index in [1.165, 1.54) is 0 Å². The van der Waals surface area contributed by atoms with Gasteiger partial charge in [0.1, 0.15) is 36.2 Å². The predicted molar refractivity (Wildman–Crippen MR) is 156 cm³/mol. The lowest BCUT2D eigenvalue weighted by Gasteiger charge is -2.39. The number of benzene rings is 1. The Balaban J connectivity index is 1.60. The van der Waals surface area contributed by atoms with Crippen LogP contribution < -0.4 is 25.8 Å². The minimum Gasteiger partial charge on any atom is -0.494 e. The van der Waals surface area contributed by atoms with Crippen LogP contribution in [0.1, 0.15) is 62.4 Å². The number of nitrogens with two attached hydrogens (primary N) is 1. The van der Waals surface area contributed by atoms with Gasteiger partial charge in [0.2, 0.25) is 18.1 Å². The van der Waals surface area contributed by atoms with Gasteiger partial charge in [0.25, 0.3) is 0 Å². The quantitative estimate of drug-likeness (QED) is 0.136. The van der Waals surface area contributed by atoms with Crippen molar-refractivity contribution in [1.29, 1.82) is 0 Å². The molecule has 1 saturated heterocycles. The van der Waals surface area contributed by atoms with Gasteiger partial charge in [-0.1, -0.05) is 33.8 Å². The summed E-state index contributed by atoms with van der Waals surface area (Å²) in [5.41, 5.74) is 8.82. The van der Waals surface area contributed by atoms with E-state index in [1.54, 1.807) is 13.8 Å². The lowest BCUT2D eigenvalue weighted by atomic mass is 9.96. The highest BCUT2D eigenvalue weighted by Gasteiger charge is 2.45. The standard InChI is InChI=1S/C29H45N5O9/c1-14(2)21-19(27(34-33-21)43-28-25(38)24(37)23(36)20(13-35)42-28)12-17-7-8-18(11-16(17)5)41-10-6-9-31-29(40)32-22(15(3)4)26(30)39/h7-8,11,14-15,20,22-25,28,35-38H,6,9-10,12-13H2,1-5H3,(H2,30,39)(H,33,34)(H2,31,32,40)/t20?,22-,23+,24?,25+,28?/m0/s1. The Morgan fingerprint density at radius 1 is 1.14 bits per heavy atom. The molecule has 1 fully saturated rings. The van der Waals surface area contributed by atoms with Crippen LogP contribution in [0, 0.1) is 12.8 Å². The number of aryl methyl sites for hydroxylation is 1. The number of ether oxygens (including phenoxy) is 3. The van der Waals surface area contributed by atoms with Crippen molar-refractivity contribution in [3.8, 4) is 11.6 Å². The van der Waals surface area contributed by atoms with Crippen molar-refractivity contribution in [3.05, 3.63) is 40.6 Å². The molecular weight excluding hydrogens is 562 g/mol. The van der Waals surface area contributed by atoms with Crippen LogP contribution >= 0.6 is 0 Å². The number of amides is 3. The number of rotatable bonds is 14. The van der Waals surface area contributed by atoms with Gasteiger partial charge in [-0.3, -0.25) is 9.89 Å². The van der Waals surface area contributed by atoms with Crippen molar-refractivity contribution in [2.75, 3.05) is 19.8 Å². The van der Waals surface area contributed by atoms with Crippen molar-refractivity contribution in [1.82, 2.24) is 20.8 Å². The smallest absolute Gasteiger partial charge is 0.315 e. The molecule has 0 radical (unpaired) electrons. The number of carbonyl (C=O) groups is 2. The van der Waals surface area contributed by atoms with Crippen LogP contribution in [0.5, 0.6) is 11.6 Å². The fraction of sp³-hybridized carbons (Fsp3) is 0.621. The number of aliphatic hydroxyl groups is 4. The molecule has 14 nitrogen and oxygen atoms in total. The lowest BCUT2D eigenvalue weighted by Crippen LogP contribution is -2.60. The zero-order valence-electron chi connectivity index (χ0n) is 25.2. The number of carbonyl (C=O) groups excluding carboxylic acids is 2. The molecule has 0 saturated carbocycles. The number of H-pyrrole nitrogens is 1. The van der Waals surface area contributed by atoms with Crippen molar-refractivity contribution in [3.63, 3.8) is 0 Å². The average molecular weight is 608 g/mol. The molecule has 3 unspecified atom stereocenters. The van der Waals surface area contributed by atoms with E-state index in [1.807, 2.05) is 39.0 Å². The summed E-state index contributed by atoms with van der Waals surface area (Å²) in [6.07, 6.45) is -6.08. The molecule has 14 heteroatoms. The number of urea groups is 1. The van der Waals surface area contributed by atoms with Gasteiger partial charge in [0, 0.05) is 24.2 Å². The lowest BCUT2D eigenvalue weighted by molar-refractivity contribution is -0.278. The molecule has 2 aromatic rings. The summed E-state index contributed by atoms with van der Waals surface area (Å²) >= 11 is 0. The Morgan fingerprint density at radius 2 is 1.86 bits per heavy atom. The topological polar surface area (TPSA) is 222 Å². The van der Waals surface area contributed by atoms with Crippen LogP contribution in [0.15, 0.2) is 18.2 Å². The van der Waals surface area contributed by atoms with E-state index in [4.69, 9.17) is 19.9 Å². The van der Waals surface area contributed by atoms with Crippen LogP contribution in [0.3, 0.4) is 0 Å². The van der Waals surface area contributed by atoms with E-state index >= 15 is 0 Å². The molecule has 3 rings (SSSR count). The summed E-state index contributed by atoms with van der Waals surface area (Å²) in [5, 5.41) is 52.7. The number of aromatic amines is 1. The molecule has 240 valence electrons. The number of aliphatic hydroxyl groups excluding tert-OH is 4. The molecule has 1 aliphatic rings. The number of primary amides is 1. The number of nitrogens with one attached hydrogen (secondary N) is 3. The Labute approximate surface area is 250 Å². The normalized spacial score (nSPS) is 22.8. The summed E-state index contributed by atoms with van der Waals surface area (Å²) in [6.45, 7) is 9.68. The molecule has 0 spiro atoms. The summed E-state index contributed by atoms with van der Waals surface area (Å²) < 4.78 is 17.2. The Morgan fingerprint density at radius 3 is 2.47 bits per heavy atom. The van der Waals surface area contributed by atoms with Gasteiger partial charge < -0.3 is 51.0 Å². The predicted octanol–water partition coefficient (Wildman–Crippen LogP) is 0.189. The van der Waals surface area contributed by atoms with Gasteiger partial charge in [-0.15, -0.1) is 5.10 Å². The van der Waals surface area contributed by atoms with Crippen molar-refractivity contribution < 1.29 is 44.2 Å². The van der Waals surface area contributed by atoms with Crippen LogP contribution in [-0.2, 0) is 16.0 Å². The molecule has 1 aliphatic heterocycles. The summed E-state index contributed by atoms with van der Waals surface area (Å²) in [6, 6.07) is 4.47. The fourth-order valence-corrected chi connectivity index (χ4v) is 4.75. The van der Waals surface area contributed by atoms with E-state index in [0.29, 0.717) is 31.7 Å². The third-order valence-electron chi connectivity index (χ3n) is 7.33. The second-order valence-corrected chi connectivity index (χ2v) is 11.4. The molecule has 43 heavy (non-hydrogen) atoms. The van der Waals surface area contributed by atoms with E-state index in [-0.39, 0.29) is 17.7 Å². The minimum atomic E-state index is -1.57. The molecule has 0 aliphatic carbocycles. The SMILES string of the molecule is Cc1cc(OCCCNC(=O)N[C@H](C(N)=O)C(C)C)ccc1Cc1c(OC2OC(CO)[C@@H](O)C(O)[C@H]2O)n[nH]c1C(C)C. The highest BCUT2D eigenvalue weighted by Crippen LogP contribution is 2.32. The molecule has 1 aromatic carbocycles. The fourth-order valence-electron chi connectivity index (χ4n) is 4.75. The monoisotopic (exact) mass is 607 g/mol. The maximum Gasteiger partial charge on any atom is 0.315 e. The van der Waals surface area contributed by atoms with Crippen molar-refractivity contribution in [2.24, 2.45) is 11.7 Å². The minimum absolute atomic E-state index is 0.0697. The second-order valence-electron chi connectivity index (χ2n) is 11.4. The van der Waals surface area contributed by atoms with E-state index in [0.717, 1.165) is 22.4 Å². The molecule has 2 heterocycles. The van der Waals surface area contributed by atoms with Gasteiger partial charge in [0.15, 0.2) is 0 Å². The largest absolute Gasteiger partial charge is 0.494 e. The molecule has 1 aromatic heterocycles. The van der Waals surface area contributed by atoms with Gasteiger partial charge >= 0.3 is 6.03 Å². The van der Waals surface area contributed by atoms with Crippen LogP contribution in [-0.4, -0.2) is 99.1 Å².